The first-order valence-corrected chi connectivity index (χ1v) is 7.46. The minimum atomic E-state index is -0.416. The number of hydrogen-bond acceptors (Lipinski definition) is 2. The average Bonchev–Trinajstić information content (AvgIpc) is 2.91. The van der Waals surface area contributed by atoms with Crippen LogP contribution in [0.2, 0.25) is 5.02 Å². The summed E-state index contributed by atoms with van der Waals surface area (Å²) in [6.45, 7) is 2.82. The van der Waals surface area contributed by atoms with Crippen LogP contribution in [0.1, 0.15) is 12.0 Å². The van der Waals surface area contributed by atoms with E-state index in [0.29, 0.717) is 5.75 Å². The fourth-order valence-electron chi connectivity index (χ4n) is 2.62. The zero-order valence-electron chi connectivity index (χ0n) is 12.0. The first-order chi connectivity index (χ1) is 10.2. The number of likely N-dealkylation sites (tertiary alicyclic amines) is 1. The lowest BCUT2D eigenvalue weighted by molar-refractivity contribution is 0.198. The van der Waals surface area contributed by atoms with Crippen LogP contribution < -0.4 is 4.74 Å². The van der Waals surface area contributed by atoms with Crippen molar-refractivity contribution in [2.45, 2.75) is 19.1 Å². The molecule has 0 spiro atoms. The third kappa shape index (κ3) is 4.35. The van der Waals surface area contributed by atoms with Gasteiger partial charge in [-0.1, -0.05) is 41.9 Å². The van der Waals surface area contributed by atoms with Gasteiger partial charge in [-0.2, -0.15) is 0 Å². The van der Waals surface area contributed by atoms with Gasteiger partial charge in [0.15, 0.2) is 0 Å². The van der Waals surface area contributed by atoms with Crippen LogP contribution in [0.3, 0.4) is 0 Å². The van der Waals surface area contributed by atoms with E-state index < -0.39 is 5.82 Å². The van der Waals surface area contributed by atoms with Gasteiger partial charge in [0.1, 0.15) is 17.7 Å². The molecule has 2 nitrogen and oxygen atoms in total. The monoisotopic (exact) mass is 341 g/mol. The highest BCUT2D eigenvalue weighted by atomic mass is 35.5. The van der Waals surface area contributed by atoms with E-state index in [1.807, 2.05) is 6.07 Å². The summed E-state index contributed by atoms with van der Waals surface area (Å²) in [4.78, 5) is 2.37. The lowest BCUT2D eigenvalue weighted by Gasteiger charge is -2.17. The number of hydrogen-bond donors (Lipinski definition) is 0. The summed E-state index contributed by atoms with van der Waals surface area (Å²) in [5.74, 6) is 0.217. The second-order valence-electron chi connectivity index (χ2n) is 5.33. The maximum Gasteiger partial charge on any atom is 0.142 e. The van der Waals surface area contributed by atoms with Gasteiger partial charge in [-0.15, -0.1) is 12.4 Å². The van der Waals surface area contributed by atoms with E-state index in [4.69, 9.17) is 16.3 Å². The number of benzene rings is 2. The van der Waals surface area contributed by atoms with Crippen molar-refractivity contribution in [3.05, 3.63) is 64.9 Å². The quantitative estimate of drug-likeness (QED) is 0.808. The Bertz CT molecular complexity index is 609. The molecule has 22 heavy (non-hydrogen) atoms. The normalized spacial score (nSPS) is 18.0. The van der Waals surface area contributed by atoms with E-state index in [-0.39, 0.29) is 23.5 Å². The second-order valence-corrected chi connectivity index (χ2v) is 5.73. The fraction of sp³-hybridized carbons (Fsp3) is 0.294. The van der Waals surface area contributed by atoms with Crippen molar-refractivity contribution < 1.29 is 9.13 Å². The Morgan fingerprint density at radius 3 is 2.68 bits per heavy atom. The Morgan fingerprint density at radius 1 is 1.18 bits per heavy atom. The number of rotatable bonds is 4. The number of halogens is 3. The van der Waals surface area contributed by atoms with Crippen molar-refractivity contribution in [3.8, 4) is 5.75 Å². The molecular weight excluding hydrogens is 324 g/mol. The van der Waals surface area contributed by atoms with Crippen molar-refractivity contribution in [1.82, 2.24) is 4.90 Å². The molecule has 0 bridgehead atoms. The predicted molar refractivity (Wildman–Crippen MR) is 89.4 cm³/mol. The molecule has 0 radical (unpaired) electrons. The number of nitrogens with zero attached hydrogens (tertiary/aromatic N) is 1. The molecule has 1 fully saturated rings. The minimum absolute atomic E-state index is 0. The van der Waals surface area contributed by atoms with Gasteiger partial charge in [-0.05, 0) is 24.1 Å². The molecule has 1 heterocycles. The van der Waals surface area contributed by atoms with E-state index in [2.05, 4.69) is 29.2 Å². The van der Waals surface area contributed by atoms with Crippen LogP contribution in [0.4, 0.5) is 4.39 Å². The van der Waals surface area contributed by atoms with Crippen LogP contribution in [-0.4, -0.2) is 24.1 Å². The van der Waals surface area contributed by atoms with Crippen LogP contribution in [0, 0.1) is 5.82 Å². The van der Waals surface area contributed by atoms with Gasteiger partial charge in [0.2, 0.25) is 0 Å². The van der Waals surface area contributed by atoms with Gasteiger partial charge in [0.25, 0.3) is 0 Å². The summed E-state index contributed by atoms with van der Waals surface area (Å²) >= 11 is 5.77. The molecule has 0 N–H and O–H groups in total. The predicted octanol–water partition coefficient (Wildman–Crippen LogP) is 4.55. The van der Waals surface area contributed by atoms with Gasteiger partial charge in [0.05, 0.1) is 5.02 Å². The van der Waals surface area contributed by atoms with Crippen molar-refractivity contribution in [2.24, 2.45) is 0 Å². The maximum absolute atomic E-state index is 13.1. The Morgan fingerprint density at radius 2 is 1.95 bits per heavy atom. The van der Waals surface area contributed by atoms with E-state index in [9.17, 15) is 4.39 Å². The standard InChI is InChI=1S/C17H17ClFNO.ClH/c18-16-10-14(6-7-17(16)19)21-15-8-9-20(12-15)11-13-4-2-1-3-5-13;/h1-7,10,15H,8-9,11-12H2;1H. The second kappa shape index (κ2) is 7.82. The van der Waals surface area contributed by atoms with Crippen LogP contribution in [0.5, 0.6) is 5.75 Å². The third-order valence-electron chi connectivity index (χ3n) is 3.67. The van der Waals surface area contributed by atoms with Crippen molar-refractivity contribution >= 4 is 24.0 Å². The van der Waals surface area contributed by atoms with Crippen molar-refractivity contribution in [2.75, 3.05) is 13.1 Å². The summed E-state index contributed by atoms with van der Waals surface area (Å²) in [6, 6.07) is 14.9. The highest BCUT2D eigenvalue weighted by Crippen LogP contribution is 2.24. The van der Waals surface area contributed by atoms with E-state index in [1.54, 1.807) is 6.07 Å². The topological polar surface area (TPSA) is 12.5 Å². The number of ether oxygens (including phenoxy) is 1. The average molecular weight is 342 g/mol. The molecule has 0 saturated carbocycles. The third-order valence-corrected chi connectivity index (χ3v) is 3.96. The molecule has 1 aliphatic rings. The first-order valence-electron chi connectivity index (χ1n) is 7.09. The molecule has 2 aromatic rings. The summed E-state index contributed by atoms with van der Waals surface area (Å²) in [5, 5.41) is 0.103. The Balaban J connectivity index is 0.00000176. The molecule has 5 heteroatoms. The molecule has 1 aliphatic heterocycles. The van der Waals surface area contributed by atoms with Crippen LogP contribution >= 0.6 is 24.0 Å². The van der Waals surface area contributed by atoms with E-state index in [0.717, 1.165) is 26.1 Å². The highest BCUT2D eigenvalue weighted by Gasteiger charge is 2.24. The van der Waals surface area contributed by atoms with E-state index in [1.165, 1.54) is 17.7 Å². The van der Waals surface area contributed by atoms with Gasteiger partial charge in [0, 0.05) is 25.7 Å². The largest absolute Gasteiger partial charge is 0.489 e. The zero-order chi connectivity index (χ0) is 14.7. The molecule has 1 unspecified atom stereocenters. The first kappa shape index (κ1) is 17.1. The lowest BCUT2D eigenvalue weighted by atomic mass is 10.2. The zero-order valence-corrected chi connectivity index (χ0v) is 13.6. The minimum Gasteiger partial charge on any atom is -0.489 e. The van der Waals surface area contributed by atoms with Crippen molar-refractivity contribution in [3.63, 3.8) is 0 Å². The maximum atomic E-state index is 13.1. The molecule has 2 aromatic carbocycles. The lowest BCUT2D eigenvalue weighted by Crippen LogP contribution is -2.24. The molecule has 3 rings (SSSR count). The molecule has 1 atom stereocenters. The van der Waals surface area contributed by atoms with Crippen molar-refractivity contribution in [1.29, 1.82) is 0 Å². The van der Waals surface area contributed by atoms with Gasteiger partial charge in [-0.3, -0.25) is 4.90 Å². The molecule has 0 aromatic heterocycles. The Kier molecular flexibility index (Phi) is 6.07. The highest BCUT2D eigenvalue weighted by molar-refractivity contribution is 6.30. The SMILES string of the molecule is Cl.Fc1ccc(OC2CCN(Cc3ccccc3)C2)cc1Cl. The molecule has 0 amide bonds. The van der Waals surface area contributed by atoms with Gasteiger partial charge in [-0.25, -0.2) is 4.39 Å². The molecule has 118 valence electrons. The molecular formula is C17H18Cl2FNO. The summed E-state index contributed by atoms with van der Waals surface area (Å²) in [7, 11) is 0. The van der Waals surface area contributed by atoms with Crippen LogP contribution in [0.15, 0.2) is 48.5 Å². The van der Waals surface area contributed by atoms with Crippen LogP contribution in [-0.2, 0) is 6.54 Å². The summed E-state index contributed by atoms with van der Waals surface area (Å²) in [6.07, 6.45) is 1.11. The Labute approximate surface area is 141 Å². The summed E-state index contributed by atoms with van der Waals surface area (Å²) in [5.41, 5.74) is 1.31. The Hall–Kier alpha value is -1.29. The van der Waals surface area contributed by atoms with Gasteiger partial charge >= 0.3 is 0 Å². The van der Waals surface area contributed by atoms with Gasteiger partial charge < -0.3 is 4.74 Å². The smallest absolute Gasteiger partial charge is 0.142 e. The van der Waals surface area contributed by atoms with E-state index >= 15 is 0 Å². The summed E-state index contributed by atoms with van der Waals surface area (Å²) < 4.78 is 19.0. The van der Waals surface area contributed by atoms with Crippen LogP contribution in [0.25, 0.3) is 0 Å². The fourth-order valence-corrected chi connectivity index (χ4v) is 2.79. The molecule has 0 aliphatic carbocycles. The molecule has 1 saturated heterocycles.